The van der Waals surface area contributed by atoms with Crippen LogP contribution in [-0.2, 0) is 4.74 Å². The Labute approximate surface area is 140 Å². The van der Waals surface area contributed by atoms with E-state index in [4.69, 9.17) is 4.74 Å². The Hall–Kier alpha value is -2.12. The van der Waals surface area contributed by atoms with Crippen molar-refractivity contribution in [1.29, 1.82) is 0 Å². The molecule has 0 aliphatic heterocycles. The smallest absolute Gasteiger partial charge is 0.0532 e. The first-order valence-electron chi connectivity index (χ1n) is 8.17. The van der Waals surface area contributed by atoms with Crippen LogP contribution in [0.15, 0.2) is 61.7 Å². The molecular weight excluding hydrogens is 280 g/mol. The van der Waals surface area contributed by atoms with E-state index in [0.29, 0.717) is 25.0 Å². The van der Waals surface area contributed by atoms with Crippen LogP contribution in [0.3, 0.4) is 0 Å². The highest BCUT2D eigenvalue weighted by Gasteiger charge is 2.12. The average Bonchev–Trinajstić information content (AvgIpc) is 2.61. The molecule has 1 heteroatoms. The predicted molar refractivity (Wildman–Crippen MR) is 101 cm³/mol. The number of hydrogen-bond acceptors (Lipinski definition) is 1. The van der Waals surface area contributed by atoms with Gasteiger partial charge in [-0.1, -0.05) is 87.7 Å². The fourth-order valence-corrected chi connectivity index (χ4v) is 2.89. The van der Waals surface area contributed by atoms with Gasteiger partial charge in [0.1, 0.15) is 0 Å². The minimum atomic E-state index is 0.353. The van der Waals surface area contributed by atoms with Crippen molar-refractivity contribution in [3.63, 3.8) is 0 Å². The fourth-order valence-electron chi connectivity index (χ4n) is 2.89. The van der Waals surface area contributed by atoms with E-state index in [1.807, 2.05) is 24.3 Å². The first-order valence-corrected chi connectivity index (χ1v) is 8.17. The Balaban J connectivity index is 1.94. The van der Waals surface area contributed by atoms with Crippen molar-refractivity contribution in [1.82, 2.24) is 0 Å². The topological polar surface area (TPSA) is 9.23 Å². The van der Waals surface area contributed by atoms with Gasteiger partial charge in [-0.3, -0.25) is 0 Å². The Morgan fingerprint density at radius 2 is 1.17 bits per heavy atom. The van der Waals surface area contributed by atoms with Crippen LogP contribution >= 0.6 is 0 Å². The maximum atomic E-state index is 6.00. The molecule has 23 heavy (non-hydrogen) atoms. The van der Waals surface area contributed by atoms with Gasteiger partial charge in [-0.05, 0) is 22.3 Å². The lowest BCUT2D eigenvalue weighted by Crippen LogP contribution is -2.11. The van der Waals surface area contributed by atoms with E-state index >= 15 is 0 Å². The van der Waals surface area contributed by atoms with Crippen LogP contribution in [0.4, 0.5) is 0 Å². The zero-order valence-electron chi connectivity index (χ0n) is 14.2. The Bertz CT molecular complexity index is 599. The fraction of sp³-hybridized carbons (Fsp3) is 0.273. The van der Waals surface area contributed by atoms with Crippen LogP contribution in [-0.4, -0.2) is 13.2 Å². The molecule has 2 rings (SSSR count). The zero-order valence-corrected chi connectivity index (χ0v) is 14.2. The molecule has 2 aromatic carbocycles. The van der Waals surface area contributed by atoms with Gasteiger partial charge in [0.2, 0.25) is 0 Å². The molecule has 0 saturated heterocycles. The monoisotopic (exact) mass is 306 g/mol. The van der Waals surface area contributed by atoms with Gasteiger partial charge >= 0.3 is 0 Å². The lowest BCUT2D eigenvalue weighted by Gasteiger charge is -2.18. The van der Waals surface area contributed by atoms with Crippen molar-refractivity contribution in [2.75, 3.05) is 13.2 Å². The maximum Gasteiger partial charge on any atom is 0.0532 e. The van der Waals surface area contributed by atoms with Crippen LogP contribution in [0.25, 0.3) is 12.2 Å². The molecule has 0 amide bonds. The lowest BCUT2D eigenvalue weighted by molar-refractivity contribution is 0.113. The highest BCUT2D eigenvalue weighted by Crippen LogP contribution is 2.24. The molecule has 0 spiro atoms. The SMILES string of the molecule is C=Cc1ccccc1C(C)COCC(C)c1ccccc1C=C. The van der Waals surface area contributed by atoms with Gasteiger partial charge in [0.25, 0.3) is 0 Å². The third kappa shape index (κ3) is 4.43. The van der Waals surface area contributed by atoms with Gasteiger partial charge in [0, 0.05) is 11.8 Å². The van der Waals surface area contributed by atoms with E-state index in [2.05, 4.69) is 63.4 Å². The Kier molecular flexibility index (Phi) is 6.37. The highest BCUT2D eigenvalue weighted by molar-refractivity contribution is 5.53. The van der Waals surface area contributed by atoms with Crippen molar-refractivity contribution in [3.05, 3.63) is 83.9 Å². The van der Waals surface area contributed by atoms with Gasteiger partial charge < -0.3 is 4.74 Å². The molecule has 0 bridgehead atoms. The second-order valence-electron chi connectivity index (χ2n) is 6.01. The molecular formula is C22H26O. The molecule has 120 valence electrons. The molecule has 1 nitrogen and oxygen atoms in total. The highest BCUT2D eigenvalue weighted by atomic mass is 16.5. The van der Waals surface area contributed by atoms with Crippen molar-refractivity contribution < 1.29 is 4.74 Å². The second kappa shape index (κ2) is 8.50. The summed E-state index contributed by atoms with van der Waals surface area (Å²) in [6.45, 7) is 13.6. The van der Waals surface area contributed by atoms with Crippen molar-refractivity contribution in [3.8, 4) is 0 Å². The molecule has 0 aliphatic rings. The number of rotatable bonds is 8. The van der Waals surface area contributed by atoms with Crippen molar-refractivity contribution in [2.24, 2.45) is 0 Å². The minimum Gasteiger partial charge on any atom is -0.380 e. The second-order valence-corrected chi connectivity index (χ2v) is 6.01. The molecule has 0 saturated carbocycles. The summed E-state index contributed by atoms with van der Waals surface area (Å²) in [5.41, 5.74) is 4.96. The van der Waals surface area contributed by atoms with E-state index < -0.39 is 0 Å². The van der Waals surface area contributed by atoms with E-state index in [0.717, 1.165) is 0 Å². The molecule has 0 radical (unpaired) electrons. The molecule has 0 heterocycles. The largest absolute Gasteiger partial charge is 0.380 e. The van der Waals surface area contributed by atoms with E-state index in [1.54, 1.807) is 0 Å². The van der Waals surface area contributed by atoms with Crippen molar-refractivity contribution in [2.45, 2.75) is 25.7 Å². The van der Waals surface area contributed by atoms with Gasteiger partial charge in [-0.25, -0.2) is 0 Å². The summed E-state index contributed by atoms with van der Waals surface area (Å²) in [7, 11) is 0. The van der Waals surface area contributed by atoms with Crippen LogP contribution in [0.2, 0.25) is 0 Å². The molecule has 2 unspecified atom stereocenters. The van der Waals surface area contributed by atoms with Crippen molar-refractivity contribution >= 4 is 12.2 Å². The van der Waals surface area contributed by atoms with Gasteiger partial charge in [-0.2, -0.15) is 0 Å². The molecule has 0 aliphatic carbocycles. The van der Waals surface area contributed by atoms with Gasteiger partial charge in [-0.15, -0.1) is 0 Å². The maximum absolute atomic E-state index is 6.00. The van der Waals surface area contributed by atoms with Crippen LogP contribution in [0, 0.1) is 0 Å². The lowest BCUT2D eigenvalue weighted by atomic mass is 9.95. The molecule has 2 atom stereocenters. The first kappa shape index (κ1) is 17.2. The van der Waals surface area contributed by atoms with Gasteiger partial charge in [0.15, 0.2) is 0 Å². The standard InChI is InChI=1S/C22H26O/c1-5-19-11-7-9-13-21(19)17(3)15-23-16-18(4)22-14-10-8-12-20(22)6-2/h5-14,17-18H,1-2,15-16H2,3-4H3. The third-order valence-corrected chi connectivity index (χ3v) is 4.23. The van der Waals surface area contributed by atoms with E-state index in [1.165, 1.54) is 22.3 Å². The number of benzene rings is 2. The minimum absolute atomic E-state index is 0.353. The van der Waals surface area contributed by atoms with E-state index in [-0.39, 0.29) is 0 Å². The molecule has 0 aromatic heterocycles. The normalized spacial score (nSPS) is 13.3. The summed E-state index contributed by atoms with van der Waals surface area (Å²) < 4.78 is 6.00. The van der Waals surface area contributed by atoms with Crippen LogP contribution in [0.1, 0.15) is 47.9 Å². The Morgan fingerprint density at radius 3 is 1.57 bits per heavy atom. The average molecular weight is 306 g/mol. The number of hydrogen-bond donors (Lipinski definition) is 0. The summed E-state index contributed by atoms with van der Waals surface area (Å²) in [6.07, 6.45) is 3.82. The predicted octanol–water partition coefficient (Wildman–Crippen LogP) is 5.90. The summed E-state index contributed by atoms with van der Waals surface area (Å²) >= 11 is 0. The quantitative estimate of drug-likeness (QED) is 0.590. The summed E-state index contributed by atoms with van der Waals surface area (Å²) in [5, 5.41) is 0. The summed E-state index contributed by atoms with van der Waals surface area (Å²) in [5.74, 6) is 0.706. The third-order valence-electron chi connectivity index (χ3n) is 4.23. The van der Waals surface area contributed by atoms with Gasteiger partial charge in [0.05, 0.1) is 13.2 Å². The van der Waals surface area contributed by atoms with Crippen LogP contribution < -0.4 is 0 Å². The Morgan fingerprint density at radius 1 is 0.783 bits per heavy atom. The number of ether oxygens (including phenoxy) is 1. The molecule has 0 N–H and O–H groups in total. The van der Waals surface area contributed by atoms with E-state index in [9.17, 15) is 0 Å². The molecule has 2 aromatic rings. The molecule has 0 fully saturated rings. The summed E-state index contributed by atoms with van der Waals surface area (Å²) in [6, 6.07) is 16.7. The first-order chi connectivity index (χ1) is 11.2. The summed E-state index contributed by atoms with van der Waals surface area (Å²) in [4.78, 5) is 0. The van der Waals surface area contributed by atoms with Crippen LogP contribution in [0.5, 0.6) is 0 Å². The zero-order chi connectivity index (χ0) is 16.7.